The second-order valence-electron chi connectivity index (χ2n) is 4.93. The van der Waals surface area contributed by atoms with Crippen LogP contribution in [-0.2, 0) is 0 Å². The van der Waals surface area contributed by atoms with Gasteiger partial charge in [0.2, 0.25) is 5.95 Å². The van der Waals surface area contributed by atoms with Crippen molar-refractivity contribution in [3.63, 3.8) is 0 Å². The number of hydrogen-bond acceptors (Lipinski definition) is 6. The standard InChI is InChI=1S/C15H12F3N5O/c1-8-13-11(22-14(19)20-8)6-7-12(23-13)21-9-2-4-10(5-3-9)24-15(16,17)18/h2-7H,1H3,(H,21,23)(H2,19,20,22). The van der Waals surface area contributed by atoms with Crippen LogP contribution in [0.1, 0.15) is 5.69 Å². The summed E-state index contributed by atoms with van der Waals surface area (Å²) in [4.78, 5) is 12.5. The van der Waals surface area contributed by atoms with Crippen LogP contribution < -0.4 is 15.8 Å². The van der Waals surface area contributed by atoms with Crippen LogP contribution in [0.15, 0.2) is 36.4 Å². The average molecular weight is 335 g/mol. The summed E-state index contributed by atoms with van der Waals surface area (Å²) in [5, 5.41) is 2.99. The summed E-state index contributed by atoms with van der Waals surface area (Å²) in [6.07, 6.45) is -4.71. The smallest absolute Gasteiger partial charge is 0.406 e. The van der Waals surface area contributed by atoms with Crippen molar-refractivity contribution >= 4 is 28.5 Å². The molecule has 3 N–H and O–H groups in total. The summed E-state index contributed by atoms with van der Waals surface area (Å²) in [7, 11) is 0. The molecule has 0 spiro atoms. The van der Waals surface area contributed by atoms with Crippen molar-refractivity contribution < 1.29 is 17.9 Å². The van der Waals surface area contributed by atoms with Gasteiger partial charge in [0.05, 0.1) is 11.2 Å². The summed E-state index contributed by atoms with van der Waals surface area (Å²) in [6, 6.07) is 8.77. The summed E-state index contributed by atoms with van der Waals surface area (Å²) >= 11 is 0. The molecule has 0 aliphatic rings. The number of ether oxygens (including phenoxy) is 1. The third kappa shape index (κ3) is 3.62. The van der Waals surface area contributed by atoms with Gasteiger partial charge in [-0.1, -0.05) is 0 Å². The lowest BCUT2D eigenvalue weighted by Crippen LogP contribution is -2.16. The molecule has 0 unspecified atom stereocenters. The molecule has 3 rings (SSSR count). The molecule has 0 saturated carbocycles. The fraction of sp³-hybridized carbons (Fsp3) is 0.133. The van der Waals surface area contributed by atoms with Crippen molar-refractivity contribution in [2.24, 2.45) is 0 Å². The Morgan fingerprint density at radius 3 is 2.38 bits per heavy atom. The summed E-state index contributed by atoms with van der Waals surface area (Å²) in [5.74, 6) is 0.380. The van der Waals surface area contributed by atoms with Crippen LogP contribution in [-0.4, -0.2) is 21.3 Å². The molecule has 2 aromatic heterocycles. The van der Waals surface area contributed by atoms with E-state index in [0.717, 1.165) is 0 Å². The molecule has 6 nitrogen and oxygen atoms in total. The zero-order chi connectivity index (χ0) is 17.3. The van der Waals surface area contributed by atoms with E-state index in [0.29, 0.717) is 28.2 Å². The molecule has 0 aliphatic heterocycles. The Labute approximate surface area is 134 Å². The van der Waals surface area contributed by atoms with Gasteiger partial charge in [0.25, 0.3) is 0 Å². The number of hydrogen-bond donors (Lipinski definition) is 2. The van der Waals surface area contributed by atoms with Crippen LogP contribution in [0.25, 0.3) is 11.0 Å². The third-order valence-corrected chi connectivity index (χ3v) is 3.09. The first-order valence-corrected chi connectivity index (χ1v) is 6.84. The first kappa shape index (κ1) is 15.8. The van der Waals surface area contributed by atoms with E-state index in [9.17, 15) is 13.2 Å². The lowest BCUT2D eigenvalue weighted by Gasteiger charge is -2.10. The number of nitrogen functional groups attached to an aromatic ring is 1. The van der Waals surface area contributed by atoms with Gasteiger partial charge in [0.15, 0.2) is 0 Å². The minimum atomic E-state index is -4.71. The van der Waals surface area contributed by atoms with Gasteiger partial charge >= 0.3 is 6.36 Å². The first-order chi connectivity index (χ1) is 11.3. The number of aryl methyl sites for hydroxylation is 1. The Balaban J connectivity index is 1.82. The predicted molar refractivity (Wildman–Crippen MR) is 82.9 cm³/mol. The van der Waals surface area contributed by atoms with Crippen molar-refractivity contribution in [3.8, 4) is 5.75 Å². The van der Waals surface area contributed by atoms with Crippen molar-refractivity contribution in [2.45, 2.75) is 13.3 Å². The minimum absolute atomic E-state index is 0.169. The van der Waals surface area contributed by atoms with E-state index in [2.05, 4.69) is 25.0 Å². The number of nitrogens with zero attached hydrogens (tertiary/aromatic N) is 3. The second-order valence-corrected chi connectivity index (χ2v) is 4.93. The molecule has 24 heavy (non-hydrogen) atoms. The Morgan fingerprint density at radius 1 is 1.00 bits per heavy atom. The number of pyridine rings is 1. The van der Waals surface area contributed by atoms with E-state index < -0.39 is 6.36 Å². The van der Waals surface area contributed by atoms with Gasteiger partial charge in [-0.15, -0.1) is 13.2 Å². The van der Waals surface area contributed by atoms with Gasteiger partial charge in [-0.05, 0) is 43.3 Å². The SMILES string of the molecule is Cc1nc(N)nc2ccc(Nc3ccc(OC(F)(F)F)cc3)nc12. The van der Waals surface area contributed by atoms with E-state index in [1.165, 1.54) is 24.3 Å². The molecule has 3 aromatic rings. The fourth-order valence-corrected chi connectivity index (χ4v) is 2.14. The van der Waals surface area contributed by atoms with Gasteiger partial charge in [0.1, 0.15) is 17.1 Å². The largest absolute Gasteiger partial charge is 0.573 e. The summed E-state index contributed by atoms with van der Waals surface area (Å²) in [6.45, 7) is 1.76. The lowest BCUT2D eigenvalue weighted by molar-refractivity contribution is -0.274. The Hall–Kier alpha value is -3.10. The van der Waals surface area contributed by atoms with Gasteiger partial charge < -0.3 is 15.8 Å². The minimum Gasteiger partial charge on any atom is -0.406 e. The Kier molecular flexibility index (Phi) is 3.84. The molecule has 0 saturated heterocycles. The highest BCUT2D eigenvalue weighted by Gasteiger charge is 2.30. The first-order valence-electron chi connectivity index (χ1n) is 6.84. The highest BCUT2D eigenvalue weighted by Crippen LogP contribution is 2.25. The number of nitrogens with one attached hydrogen (secondary N) is 1. The molecular formula is C15H12F3N5O. The van der Waals surface area contributed by atoms with Gasteiger partial charge in [-0.2, -0.15) is 0 Å². The van der Waals surface area contributed by atoms with E-state index in [4.69, 9.17) is 5.73 Å². The highest BCUT2D eigenvalue weighted by atomic mass is 19.4. The predicted octanol–water partition coefficient (Wildman–Crippen LogP) is 3.56. The zero-order valence-electron chi connectivity index (χ0n) is 12.4. The van der Waals surface area contributed by atoms with Gasteiger partial charge in [0, 0.05) is 5.69 Å². The van der Waals surface area contributed by atoms with E-state index in [1.54, 1.807) is 19.1 Å². The van der Waals surface area contributed by atoms with Gasteiger partial charge in [-0.3, -0.25) is 0 Å². The van der Waals surface area contributed by atoms with Gasteiger partial charge in [-0.25, -0.2) is 15.0 Å². The van der Waals surface area contributed by atoms with Crippen LogP contribution in [0.3, 0.4) is 0 Å². The van der Waals surface area contributed by atoms with Crippen molar-refractivity contribution in [1.82, 2.24) is 15.0 Å². The number of fused-ring (bicyclic) bond motifs is 1. The molecule has 0 amide bonds. The maximum Gasteiger partial charge on any atom is 0.573 e. The van der Waals surface area contributed by atoms with Crippen LogP contribution >= 0.6 is 0 Å². The van der Waals surface area contributed by atoms with Crippen molar-refractivity contribution in [1.29, 1.82) is 0 Å². The number of aromatic nitrogens is 3. The molecule has 0 bridgehead atoms. The van der Waals surface area contributed by atoms with Crippen LogP contribution in [0, 0.1) is 6.92 Å². The summed E-state index contributed by atoms with van der Waals surface area (Å²) < 4.78 is 40.2. The van der Waals surface area contributed by atoms with Crippen molar-refractivity contribution in [3.05, 3.63) is 42.1 Å². The molecule has 0 atom stereocenters. The maximum absolute atomic E-state index is 12.1. The zero-order valence-corrected chi connectivity index (χ0v) is 12.4. The number of halogens is 3. The lowest BCUT2D eigenvalue weighted by atomic mass is 10.2. The third-order valence-electron chi connectivity index (χ3n) is 3.09. The topological polar surface area (TPSA) is 86.0 Å². The monoisotopic (exact) mass is 335 g/mol. The van der Waals surface area contributed by atoms with E-state index in [-0.39, 0.29) is 11.7 Å². The van der Waals surface area contributed by atoms with Crippen LogP contribution in [0.2, 0.25) is 0 Å². The molecule has 9 heteroatoms. The van der Waals surface area contributed by atoms with Crippen LogP contribution in [0.5, 0.6) is 5.75 Å². The van der Waals surface area contributed by atoms with E-state index >= 15 is 0 Å². The molecule has 2 heterocycles. The summed E-state index contributed by atoms with van der Waals surface area (Å²) in [5.41, 5.74) is 7.98. The normalized spacial score (nSPS) is 11.5. The number of rotatable bonds is 3. The quantitative estimate of drug-likeness (QED) is 0.761. The molecular weight excluding hydrogens is 323 g/mol. The molecule has 0 aliphatic carbocycles. The number of benzene rings is 1. The number of nitrogens with two attached hydrogens (primary N) is 1. The van der Waals surface area contributed by atoms with Crippen molar-refractivity contribution in [2.75, 3.05) is 11.1 Å². The Morgan fingerprint density at radius 2 is 1.71 bits per heavy atom. The average Bonchev–Trinajstić information content (AvgIpc) is 2.48. The van der Waals surface area contributed by atoms with E-state index in [1.807, 2.05) is 0 Å². The van der Waals surface area contributed by atoms with Crippen LogP contribution in [0.4, 0.5) is 30.6 Å². The molecule has 0 fully saturated rings. The molecule has 124 valence electrons. The second kappa shape index (κ2) is 5.84. The Bertz CT molecular complexity index is 881. The number of anilines is 3. The molecule has 1 aromatic carbocycles. The fourth-order valence-electron chi connectivity index (χ4n) is 2.14. The number of alkyl halides is 3. The highest BCUT2D eigenvalue weighted by molar-refractivity contribution is 5.79. The molecule has 0 radical (unpaired) electrons. The maximum atomic E-state index is 12.1.